The van der Waals surface area contributed by atoms with Crippen LogP contribution in [-0.4, -0.2) is 24.2 Å². The molecule has 4 aliphatic carbocycles. The smallest absolute Gasteiger partial charge is 0.238 e. The summed E-state index contributed by atoms with van der Waals surface area (Å²) in [6.45, 7) is -0.0383. The number of carbonyl (C=O) groups is 3. The van der Waals surface area contributed by atoms with E-state index in [0.717, 1.165) is 6.42 Å². The van der Waals surface area contributed by atoms with Crippen LogP contribution in [0.2, 0.25) is 0 Å². The Bertz CT molecular complexity index is 1010. The second-order valence-corrected chi connectivity index (χ2v) is 9.30. The normalized spacial score (nSPS) is 33.6. The number of amides is 2. The van der Waals surface area contributed by atoms with Crippen molar-refractivity contribution in [2.24, 2.45) is 35.5 Å². The monoisotopic (exact) mass is 405 g/mol. The van der Waals surface area contributed by atoms with Crippen molar-refractivity contribution >= 4 is 34.6 Å². The van der Waals surface area contributed by atoms with Crippen molar-refractivity contribution in [1.82, 2.24) is 0 Å². The van der Waals surface area contributed by atoms with Crippen LogP contribution in [0.25, 0.3) is 0 Å². The number of hydrogen-bond acceptors (Lipinski definition) is 5. The highest BCUT2D eigenvalue weighted by Gasteiger charge is 2.67. The lowest BCUT2D eigenvalue weighted by atomic mass is 9.63. The lowest BCUT2D eigenvalue weighted by Crippen LogP contribution is -2.40. The topological polar surface area (TPSA) is 63.7 Å². The van der Waals surface area contributed by atoms with Gasteiger partial charge in [0.25, 0.3) is 0 Å². The first-order valence-electron chi connectivity index (χ1n) is 9.99. The Morgan fingerprint density at radius 2 is 1.66 bits per heavy atom. The minimum absolute atomic E-state index is 0.0383. The van der Waals surface area contributed by atoms with Gasteiger partial charge in [0, 0.05) is 0 Å². The summed E-state index contributed by atoms with van der Waals surface area (Å²) in [6, 6.07) is 10.5. The Morgan fingerprint density at radius 1 is 1.00 bits per heavy atom. The molecule has 2 heterocycles. The fourth-order valence-electron chi connectivity index (χ4n) is 5.56. The van der Waals surface area contributed by atoms with Gasteiger partial charge in [-0.3, -0.25) is 19.3 Å². The number of imide groups is 1. The minimum Gasteiger partial charge on any atom is -0.485 e. The van der Waals surface area contributed by atoms with E-state index in [4.69, 9.17) is 4.74 Å². The Balaban J connectivity index is 1.19. The highest BCUT2D eigenvalue weighted by atomic mass is 32.1. The van der Waals surface area contributed by atoms with Gasteiger partial charge in [0.15, 0.2) is 6.61 Å². The molecule has 1 aromatic carbocycles. The maximum absolute atomic E-state index is 13.1. The molecule has 6 heteroatoms. The molecule has 0 radical (unpaired) electrons. The summed E-state index contributed by atoms with van der Waals surface area (Å²) in [6.07, 6.45) is 5.51. The molecular formula is C23H19NO4S. The van der Waals surface area contributed by atoms with Crippen LogP contribution in [0.15, 0.2) is 53.9 Å². The molecule has 1 aliphatic heterocycles. The fraction of sp³-hybridized carbons (Fsp3) is 0.348. The molecule has 1 saturated heterocycles. The molecule has 2 amide bonds. The van der Waals surface area contributed by atoms with E-state index < -0.39 is 0 Å². The number of benzene rings is 1. The molecule has 2 saturated carbocycles. The minimum atomic E-state index is -0.194. The van der Waals surface area contributed by atoms with E-state index in [9.17, 15) is 14.4 Å². The molecule has 0 spiro atoms. The lowest BCUT2D eigenvalue weighted by Gasteiger charge is -2.37. The number of ketones is 1. The van der Waals surface area contributed by atoms with Crippen LogP contribution in [0.3, 0.4) is 0 Å². The zero-order valence-corrected chi connectivity index (χ0v) is 16.4. The summed E-state index contributed by atoms with van der Waals surface area (Å²) in [5.74, 6) is 1.60. The first-order chi connectivity index (χ1) is 14.1. The number of nitrogens with zero attached hydrogens (tertiary/aromatic N) is 1. The van der Waals surface area contributed by atoms with Gasteiger partial charge in [0.2, 0.25) is 17.6 Å². The SMILES string of the molecule is O=C(COc1ccc(N2C(=O)[C@@H]3[C@H]4C=C[C@@H]([C@@H]5C[C@@H]45)[C@@H]3C2=O)cc1)c1cccs1. The molecule has 6 atom stereocenters. The second-order valence-electron chi connectivity index (χ2n) is 8.35. The van der Waals surface area contributed by atoms with Crippen molar-refractivity contribution in [3.05, 3.63) is 58.8 Å². The maximum atomic E-state index is 13.1. The fourth-order valence-corrected chi connectivity index (χ4v) is 6.21. The quantitative estimate of drug-likeness (QED) is 0.433. The lowest BCUT2D eigenvalue weighted by molar-refractivity contribution is -0.124. The number of anilines is 1. The average molecular weight is 405 g/mol. The molecule has 5 nitrogen and oxygen atoms in total. The molecule has 5 aliphatic rings. The van der Waals surface area contributed by atoms with Gasteiger partial charge in [-0.15, -0.1) is 11.3 Å². The Hall–Kier alpha value is -2.73. The Morgan fingerprint density at radius 3 is 2.24 bits per heavy atom. The van der Waals surface area contributed by atoms with Gasteiger partial charge in [0.05, 0.1) is 22.4 Å². The molecular weight excluding hydrogens is 386 g/mol. The number of thiophene rings is 1. The van der Waals surface area contributed by atoms with Crippen LogP contribution in [-0.2, 0) is 9.59 Å². The first-order valence-corrected chi connectivity index (χ1v) is 10.9. The van der Waals surface area contributed by atoms with Gasteiger partial charge in [0.1, 0.15) is 5.75 Å². The molecule has 0 N–H and O–H groups in total. The van der Waals surface area contributed by atoms with Crippen molar-refractivity contribution in [2.75, 3.05) is 11.5 Å². The van der Waals surface area contributed by atoms with Crippen LogP contribution in [0.1, 0.15) is 16.1 Å². The summed E-state index contributed by atoms with van der Waals surface area (Å²) in [5, 5.41) is 1.86. The molecule has 1 aromatic heterocycles. The maximum Gasteiger partial charge on any atom is 0.238 e. The van der Waals surface area contributed by atoms with Crippen LogP contribution >= 0.6 is 11.3 Å². The molecule has 3 fully saturated rings. The van der Waals surface area contributed by atoms with E-state index in [-0.39, 0.29) is 47.9 Å². The molecule has 29 heavy (non-hydrogen) atoms. The van der Waals surface area contributed by atoms with E-state index in [1.807, 2.05) is 11.4 Å². The van der Waals surface area contributed by atoms with Crippen molar-refractivity contribution in [2.45, 2.75) is 6.42 Å². The molecule has 2 bridgehead atoms. The van der Waals surface area contributed by atoms with Gasteiger partial charge in [-0.2, -0.15) is 0 Å². The number of allylic oxidation sites excluding steroid dienone is 2. The number of rotatable bonds is 5. The highest BCUT2D eigenvalue weighted by Crippen LogP contribution is 2.65. The van der Waals surface area contributed by atoms with Crippen LogP contribution in [0.5, 0.6) is 5.75 Å². The van der Waals surface area contributed by atoms with Gasteiger partial charge < -0.3 is 4.74 Å². The van der Waals surface area contributed by atoms with Gasteiger partial charge in [-0.25, -0.2) is 0 Å². The molecule has 0 unspecified atom stereocenters. The Kier molecular flexibility index (Phi) is 3.63. The summed E-state index contributed by atoms with van der Waals surface area (Å²) in [4.78, 5) is 40.4. The van der Waals surface area contributed by atoms with E-state index in [1.165, 1.54) is 16.2 Å². The highest BCUT2D eigenvalue weighted by molar-refractivity contribution is 7.12. The third kappa shape index (κ3) is 2.48. The van der Waals surface area contributed by atoms with E-state index in [1.54, 1.807) is 30.3 Å². The standard InChI is InChI=1S/C23H19NO4S/c25-18(19-2-1-9-29-19)11-28-13-5-3-12(4-6-13)24-22(26)20-14-7-8-15(17-10-16(14)17)21(20)23(24)27/h1-9,14-17,20-21H,10-11H2/t14-,15-,16-,17-,20-,21+/m0/s1. The largest absolute Gasteiger partial charge is 0.485 e. The molecule has 7 rings (SSSR count). The van der Waals surface area contributed by atoms with Crippen LogP contribution in [0.4, 0.5) is 5.69 Å². The zero-order chi connectivity index (χ0) is 19.7. The number of ether oxygens (including phenoxy) is 1. The predicted octanol–water partition coefficient (Wildman–Crippen LogP) is 3.57. The Labute approximate surface area is 172 Å². The third-order valence-corrected chi connectivity index (χ3v) is 7.83. The summed E-state index contributed by atoms with van der Waals surface area (Å²) in [7, 11) is 0. The van der Waals surface area contributed by atoms with Crippen molar-refractivity contribution < 1.29 is 19.1 Å². The summed E-state index contributed by atoms with van der Waals surface area (Å²) >= 11 is 1.39. The average Bonchev–Trinajstić information content (AvgIpc) is 3.31. The van der Waals surface area contributed by atoms with Crippen LogP contribution < -0.4 is 9.64 Å². The van der Waals surface area contributed by atoms with E-state index >= 15 is 0 Å². The van der Waals surface area contributed by atoms with Crippen molar-refractivity contribution in [1.29, 1.82) is 0 Å². The van der Waals surface area contributed by atoms with Crippen molar-refractivity contribution in [3.8, 4) is 5.75 Å². The molecule has 2 aromatic rings. The van der Waals surface area contributed by atoms with Gasteiger partial charge in [-0.05, 0) is 65.8 Å². The summed E-state index contributed by atoms with van der Waals surface area (Å²) < 4.78 is 5.58. The van der Waals surface area contributed by atoms with Crippen molar-refractivity contribution in [3.63, 3.8) is 0 Å². The number of Topliss-reactive ketones (excluding diaryl/α,β-unsaturated/α-hetero) is 1. The van der Waals surface area contributed by atoms with Gasteiger partial charge >= 0.3 is 0 Å². The van der Waals surface area contributed by atoms with E-state index in [2.05, 4.69) is 12.2 Å². The third-order valence-electron chi connectivity index (χ3n) is 6.92. The van der Waals surface area contributed by atoms with E-state index in [0.29, 0.717) is 28.1 Å². The number of hydrogen-bond donors (Lipinski definition) is 0. The zero-order valence-electron chi connectivity index (χ0n) is 15.6. The first kappa shape index (κ1) is 17.2. The molecule has 146 valence electrons. The van der Waals surface area contributed by atoms with Gasteiger partial charge in [-0.1, -0.05) is 18.2 Å². The van der Waals surface area contributed by atoms with Crippen LogP contribution in [0, 0.1) is 35.5 Å². The predicted molar refractivity (Wildman–Crippen MR) is 108 cm³/mol. The summed E-state index contributed by atoms with van der Waals surface area (Å²) in [5.41, 5.74) is 0.583. The number of carbonyl (C=O) groups excluding carboxylic acids is 3. The second kappa shape index (κ2) is 6.13.